The van der Waals surface area contributed by atoms with Crippen molar-refractivity contribution in [1.29, 1.82) is 0 Å². The number of ether oxygens (including phenoxy) is 1. The summed E-state index contributed by atoms with van der Waals surface area (Å²) in [6.07, 6.45) is 0. The number of hydrogen-bond donors (Lipinski definition) is 0. The third-order valence-corrected chi connectivity index (χ3v) is 3.78. The van der Waals surface area contributed by atoms with Crippen molar-refractivity contribution in [2.75, 3.05) is 0 Å². The molecule has 3 rings (SSSR count). The second-order valence-corrected chi connectivity index (χ2v) is 6.16. The van der Waals surface area contributed by atoms with Crippen molar-refractivity contribution >= 4 is 29.2 Å². The average Bonchev–Trinajstić information content (AvgIpc) is 3.01. The third-order valence-electron chi connectivity index (χ3n) is 3.34. The van der Waals surface area contributed by atoms with Gasteiger partial charge in [-0.25, -0.2) is 4.79 Å². The number of aromatic nitrogens is 1. The predicted molar refractivity (Wildman–Crippen MR) is 92.3 cm³/mol. The Balaban J connectivity index is 1.67. The molecular formula is C18H13Cl2NO3. The zero-order valence-corrected chi connectivity index (χ0v) is 14.3. The van der Waals surface area contributed by atoms with Crippen molar-refractivity contribution in [2.24, 2.45) is 0 Å². The van der Waals surface area contributed by atoms with Crippen molar-refractivity contribution in [2.45, 2.75) is 13.5 Å². The van der Waals surface area contributed by atoms with Crippen molar-refractivity contribution in [1.82, 2.24) is 5.16 Å². The summed E-state index contributed by atoms with van der Waals surface area (Å²) in [6, 6.07) is 14.1. The molecule has 3 aromatic rings. The fourth-order valence-electron chi connectivity index (χ4n) is 2.13. The van der Waals surface area contributed by atoms with Crippen LogP contribution in [0.25, 0.3) is 11.3 Å². The largest absolute Gasteiger partial charge is 0.455 e. The van der Waals surface area contributed by atoms with Gasteiger partial charge in [-0.15, -0.1) is 0 Å². The predicted octanol–water partition coefficient (Wildman–Crippen LogP) is 5.31. The van der Waals surface area contributed by atoms with Gasteiger partial charge in [-0.05, 0) is 25.1 Å². The number of benzene rings is 2. The van der Waals surface area contributed by atoms with Crippen LogP contribution in [0.15, 0.2) is 53.1 Å². The Hall–Kier alpha value is -2.30. The molecule has 0 radical (unpaired) electrons. The molecule has 2 aromatic carbocycles. The maximum atomic E-state index is 12.0. The van der Waals surface area contributed by atoms with E-state index in [1.54, 1.807) is 12.1 Å². The van der Waals surface area contributed by atoms with Crippen molar-refractivity contribution < 1.29 is 14.1 Å². The Morgan fingerprint density at radius 1 is 1.08 bits per heavy atom. The fraction of sp³-hybridized carbons (Fsp3) is 0.111. The number of nitrogens with zero attached hydrogens (tertiary/aromatic N) is 1. The van der Waals surface area contributed by atoms with E-state index in [1.165, 1.54) is 12.1 Å². The van der Waals surface area contributed by atoms with Crippen molar-refractivity contribution in [3.8, 4) is 11.3 Å². The minimum absolute atomic E-state index is 0.00166. The number of carbonyl (C=O) groups excluding carboxylic acids is 1. The summed E-state index contributed by atoms with van der Waals surface area (Å²) in [7, 11) is 0. The molecule has 0 aliphatic carbocycles. The highest BCUT2D eigenvalue weighted by Crippen LogP contribution is 2.22. The average molecular weight is 362 g/mol. The van der Waals surface area contributed by atoms with Gasteiger partial charge in [-0.3, -0.25) is 0 Å². The Labute approximate surface area is 148 Å². The molecule has 0 N–H and O–H groups in total. The Morgan fingerprint density at radius 2 is 1.75 bits per heavy atom. The summed E-state index contributed by atoms with van der Waals surface area (Å²) >= 11 is 11.7. The number of aryl methyl sites for hydroxylation is 1. The molecule has 0 aliphatic rings. The fourth-order valence-corrected chi connectivity index (χ4v) is 2.65. The standard InChI is InChI=1S/C18H13Cl2NO3/c1-11-2-4-12(5-3-11)17-9-16(21-24-17)10-23-18(22)13-6-14(19)8-15(20)7-13/h2-9H,10H2,1H3. The summed E-state index contributed by atoms with van der Waals surface area (Å²) in [5.41, 5.74) is 2.88. The van der Waals surface area contributed by atoms with Gasteiger partial charge in [0.1, 0.15) is 12.3 Å². The van der Waals surface area contributed by atoms with Gasteiger partial charge >= 0.3 is 5.97 Å². The molecule has 0 aliphatic heterocycles. The lowest BCUT2D eigenvalue weighted by molar-refractivity contribution is 0.0464. The zero-order valence-electron chi connectivity index (χ0n) is 12.8. The molecule has 122 valence electrons. The number of rotatable bonds is 4. The molecule has 0 saturated heterocycles. The smallest absolute Gasteiger partial charge is 0.338 e. The van der Waals surface area contributed by atoms with Gasteiger partial charge < -0.3 is 9.26 Å². The van der Waals surface area contributed by atoms with Crippen LogP contribution < -0.4 is 0 Å². The molecule has 0 fully saturated rings. The Bertz CT molecular complexity index is 852. The lowest BCUT2D eigenvalue weighted by Crippen LogP contribution is -2.05. The van der Waals surface area contributed by atoms with Crippen LogP contribution in [-0.4, -0.2) is 11.1 Å². The second kappa shape index (κ2) is 7.07. The topological polar surface area (TPSA) is 52.3 Å². The Kier molecular flexibility index (Phi) is 4.88. The normalized spacial score (nSPS) is 10.6. The lowest BCUT2D eigenvalue weighted by Gasteiger charge is -2.03. The summed E-state index contributed by atoms with van der Waals surface area (Å²) in [4.78, 5) is 12.0. The van der Waals surface area contributed by atoms with Crippen LogP contribution in [0.1, 0.15) is 21.6 Å². The zero-order chi connectivity index (χ0) is 17.1. The first-order valence-corrected chi connectivity index (χ1v) is 7.93. The molecule has 24 heavy (non-hydrogen) atoms. The summed E-state index contributed by atoms with van der Waals surface area (Å²) in [6.45, 7) is 2.01. The molecule has 1 heterocycles. The molecule has 0 unspecified atom stereocenters. The van der Waals surface area contributed by atoms with E-state index in [4.69, 9.17) is 32.5 Å². The van der Waals surface area contributed by atoms with E-state index in [0.717, 1.165) is 11.1 Å². The number of hydrogen-bond acceptors (Lipinski definition) is 4. The maximum Gasteiger partial charge on any atom is 0.338 e. The van der Waals surface area contributed by atoms with Crippen LogP contribution in [0.5, 0.6) is 0 Å². The van der Waals surface area contributed by atoms with Crippen LogP contribution in [-0.2, 0) is 11.3 Å². The van der Waals surface area contributed by atoms with Crippen LogP contribution in [0.2, 0.25) is 10.0 Å². The minimum atomic E-state index is -0.528. The minimum Gasteiger partial charge on any atom is -0.455 e. The first-order chi connectivity index (χ1) is 11.5. The molecular weight excluding hydrogens is 349 g/mol. The lowest BCUT2D eigenvalue weighted by atomic mass is 10.1. The maximum absolute atomic E-state index is 12.0. The number of carbonyl (C=O) groups is 1. The van der Waals surface area contributed by atoms with E-state index in [-0.39, 0.29) is 12.2 Å². The second-order valence-electron chi connectivity index (χ2n) is 5.28. The molecule has 1 aromatic heterocycles. The molecule has 4 nitrogen and oxygen atoms in total. The molecule has 0 spiro atoms. The van der Waals surface area contributed by atoms with Gasteiger partial charge in [0.15, 0.2) is 5.76 Å². The summed E-state index contributed by atoms with van der Waals surface area (Å²) in [5.74, 6) is 0.0890. The molecule has 0 atom stereocenters. The van der Waals surface area contributed by atoms with Crippen LogP contribution >= 0.6 is 23.2 Å². The van der Waals surface area contributed by atoms with E-state index >= 15 is 0 Å². The third kappa shape index (κ3) is 3.96. The highest BCUT2D eigenvalue weighted by atomic mass is 35.5. The first-order valence-electron chi connectivity index (χ1n) is 7.17. The van der Waals surface area contributed by atoms with Crippen molar-refractivity contribution in [3.05, 3.63) is 75.4 Å². The van der Waals surface area contributed by atoms with Crippen molar-refractivity contribution in [3.63, 3.8) is 0 Å². The summed E-state index contributed by atoms with van der Waals surface area (Å²) < 4.78 is 10.5. The Morgan fingerprint density at radius 3 is 2.42 bits per heavy atom. The monoisotopic (exact) mass is 361 g/mol. The summed E-state index contributed by atoms with van der Waals surface area (Å²) in [5, 5.41) is 4.66. The highest BCUT2D eigenvalue weighted by molar-refractivity contribution is 6.35. The molecule has 0 bridgehead atoms. The molecule has 0 saturated carbocycles. The van der Waals surface area contributed by atoms with Gasteiger partial charge in [-0.2, -0.15) is 0 Å². The molecule has 0 amide bonds. The van der Waals surface area contributed by atoms with E-state index in [0.29, 0.717) is 21.5 Å². The quantitative estimate of drug-likeness (QED) is 0.590. The van der Waals surface area contributed by atoms with E-state index in [9.17, 15) is 4.79 Å². The van der Waals surface area contributed by atoms with E-state index in [1.807, 2.05) is 31.2 Å². The van der Waals surface area contributed by atoms with Gasteiger partial charge in [0.2, 0.25) is 0 Å². The van der Waals surface area contributed by atoms with Gasteiger partial charge in [0.05, 0.1) is 5.56 Å². The number of esters is 1. The van der Waals surface area contributed by atoms with Crippen LogP contribution in [0, 0.1) is 6.92 Å². The van der Waals surface area contributed by atoms with Crippen LogP contribution in [0.4, 0.5) is 0 Å². The van der Waals surface area contributed by atoms with Crippen LogP contribution in [0.3, 0.4) is 0 Å². The molecule has 6 heteroatoms. The van der Waals surface area contributed by atoms with Gasteiger partial charge in [0, 0.05) is 21.7 Å². The first kappa shape index (κ1) is 16.6. The van der Waals surface area contributed by atoms with Gasteiger partial charge in [0.25, 0.3) is 0 Å². The number of halogens is 2. The van der Waals surface area contributed by atoms with E-state index < -0.39 is 5.97 Å². The highest BCUT2D eigenvalue weighted by Gasteiger charge is 2.12. The SMILES string of the molecule is Cc1ccc(-c2cc(COC(=O)c3cc(Cl)cc(Cl)c3)no2)cc1. The van der Waals surface area contributed by atoms with E-state index in [2.05, 4.69) is 5.16 Å². The van der Waals surface area contributed by atoms with Gasteiger partial charge in [-0.1, -0.05) is 58.2 Å².